The molecule has 0 aromatic carbocycles. The molecule has 0 bridgehead atoms. The maximum Gasteiger partial charge on any atom is 0.0721 e. The van der Waals surface area contributed by atoms with E-state index in [1.807, 2.05) is 0 Å². The second kappa shape index (κ2) is 6.78. The lowest BCUT2D eigenvalue weighted by atomic mass is 10.1. The third kappa shape index (κ3) is 5.79. The van der Waals surface area contributed by atoms with Crippen molar-refractivity contribution in [2.45, 2.75) is 25.4 Å². The van der Waals surface area contributed by atoms with E-state index >= 15 is 0 Å². The van der Waals surface area contributed by atoms with E-state index in [4.69, 9.17) is 10.2 Å². The van der Waals surface area contributed by atoms with E-state index in [-0.39, 0.29) is 6.61 Å². The first-order chi connectivity index (χ1) is 4.81. The van der Waals surface area contributed by atoms with E-state index in [2.05, 4.69) is 6.92 Å². The molecule has 0 spiro atoms. The summed E-state index contributed by atoms with van der Waals surface area (Å²) in [5.74, 6) is 0. The van der Waals surface area contributed by atoms with Gasteiger partial charge in [-0.1, -0.05) is 31.9 Å². The van der Waals surface area contributed by atoms with Gasteiger partial charge >= 0.3 is 0 Å². The highest BCUT2D eigenvalue weighted by Gasteiger charge is 1.95. The van der Waals surface area contributed by atoms with Gasteiger partial charge in [-0.05, 0) is 6.42 Å². The van der Waals surface area contributed by atoms with Crippen LogP contribution in [0.1, 0.15) is 19.3 Å². The molecule has 1 atom stereocenters. The van der Waals surface area contributed by atoms with Crippen molar-refractivity contribution < 1.29 is 10.2 Å². The van der Waals surface area contributed by atoms with Crippen molar-refractivity contribution in [3.63, 3.8) is 0 Å². The molecule has 0 fully saturated rings. The Hall–Kier alpha value is -0.340. The highest BCUT2D eigenvalue weighted by Crippen LogP contribution is 2.00. The molecule has 0 aliphatic rings. The minimum atomic E-state index is -0.408. The summed E-state index contributed by atoms with van der Waals surface area (Å²) in [7, 11) is 0. The Bertz CT molecular complexity index is 89.3. The van der Waals surface area contributed by atoms with Crippen LogP contribution in [0.15, 0.2) is 12.2 Å². The second-order valence-corrected chi connectivity index (χ2v) is 2.17. The van der Waals surface area contributed by atoms with Crippen molar-refractivity contribution >= 4 is 0 Å². The molecule has 0 aliphatic carbocycles. The van der Waals surface area contributed by atoms with Crippen LogP contribution < -0.4 is 0 Å². The summed E-state index contributed by atoms with van der Waals surface area (Å²) in [6.45, 7) is 3.65. The number of hydrogen-bond acceptors (Lipinski definition) is 2. The van der Waals surface area contributed by atoms with Gasteiger partial charge in [-0.25, -0.2) is 0 Å². The van der Waals surface area contributed by atoms with E-state index < -0.39 is 6.10 Å². The van der Waals surface area contributed by atoms with Crippen LogP contribution in [-0.2, 0) is 0 Å². The van der Waals surface area contributed by atoms with Gasteiger partial charge in [0, 0.05) is 0 Å². The van der Waals surface area contributed by atoms with Crippen LogP contribution in [0.25, 0.3) is 0 Å². The first-order valence-corrected chi connectivity index (χ1v) is 3.56. The van der Waals surface area contributed by atoms with Gasteiger partial charge in [0.1, 0.15) is 0 Å². The van der Waals surface area contributed by atoms with Crippen molar-refractivity contribution in [1.29, 1.82) is 0 Å². The van der Waals surface area contributed by atoms with Gasteiger partial charge in [-0.3, -0.25) is 0 Å². The summed E-state index contributed by atoms with van der Waals surface area (Å²) in [4.78, 5) is 0. The minimum absolute atomic E-state index is 0.00142. The zero-order valence-corrected chi connectivity index (χ0v) is 6.16. The summed E-state index contributed by atoms with van der Waals surface area (Å²) in [5, 5.41) is 17.4. The summed E-state index contributed by atoms with van der Waals surface area (Å²) in [6.07, 6.45) is 5.26. The Balaban J connectivity index is 3.24. The first-order valence-electron chi connectivity index (χ1n) is 3.56. The Morgan fingerprint density at radius 2 is 2.20 bits per heavy atom. The van der Waals surface area contributed by atoms with Crippen LogP contribution in [0.2, 0.25) is 0 Å². The smallest absolute Gasteiger partial charge is 0.0721 e. The molecule has 1 radical (unpaired) electrons. The summed E-state index contributed by atoms with van der Waals surface area (Å²) < 4.78 is 0. The van der Waals surface area contributed by atoms with Crippen LogP contribution in [0, 0.1) is 6.92 Å². The third-order valence-electron chi connectivity index (χ3n) is 1.21. The van der Waals surface area contributed by atoms with Gasteiger partial charge in [0.05, 0.1) is 12.7 Å². The number of hydrogen-bond donors (Lipinski definition) is 2. The van der Waals surface area contributed by atoms with Gasteiger partial charge in [0.2, 0.25) is 0 Å². The number of unbranched alkanes of at least 4 members (excludes halogenated alkanes) is 1. The topological polar surface area (TPSA) is 40.5 Å². The molecule has 2 N–H and O–H groups in total. The van der Waals surface area contributed by atoms with Crippen molar-refractivity contribution in [3.8, 4) is 0 Å². The lowest BCUT2D eigenvalue weighted by Crippen LogP contribution is -2.01. The van der Waals surface area contributed by atoms with Crippen LogP contribution in [0.4, 0.5) is 0 Å². The Labute approximate surface area is 62.2 Å². The van der Waals surface area contributed by atoms with E-state index in [1.165, 1.54) is 0 Å². The SMILES string of the molecule is [CH2]CCCC(O)C=CCO. The van der Waals surface area contributed by atoms with Crippen molar-refractivity contribution in [2.75, 3.05) is 6.61 Å². The summed E-state index contributed by atoms with van der Waals surface area (Å²) >= 11 is 0. The maximum atomic E-state index is 9.09. The predicted molar refractivity (Wildman–Crippen MR) is 41.4 cm³/mol. The van der Waals surface area contributed by atoms with Gasteiger partial charge in [0.25, 0.3) is 0 Å². The molecule has 2 heteroatoms. The lowest BCUT2D eigenvalue weighted by molar-refractivity contribution is 0.208. The number of rotatable bonds is 5. The normalized spacial score (nSPS) is 14.3. The molecule has 0 aromatic rings. The van der Waals surface area contributed by atoms with E-state index in [9.17, 15) is 0 Å². The lowest BCUT2D eigenvalue weighted by Gasteiger charge is -2.01. The van der Waals surface area contributed by atoms with Crippen molar-refractivity contribution in [1.82, 2.24) is 0 Å². The van der Waals surface area contributed by atoms with Crippen LogP contribution in [0.5, 0.6) is 0 Å². The van der Waals surface area contributed by atoms with Gasteiger partial charge in [-0.15, -0.1) is 0 Å². The molecular formula is C8H15O2. The standard InChI is InChI=1S/C8H15O2/c1-2-3-5-8(10)6-4-7-9/h4,6,8-10H,1-3,5,7H2. The fourth-order valence-electron chi connectivity index (χ4n) is 0.668. The highest BCUT2D eigenvalue weighted by atomic mass is 16.3. The molecule has 59 valence electrons. The fourth-order valence-corrected chi connectivity index (χ4v) is 0.668. The molecule has 0 aliphatic heterocycles. The molecule has 0 aromatic heterocycles. The van der Waals surface area contributed by atoms with E-state index in [0.717, 1.165) is 19.3 Å². The second-order valence-electron chi connectivity index (χ2n) is 2.17. The van der Waals surface area contributed by atoms with Crippen molar-refractivity contribution in [2.24, 2.45) is 0 Å². The van der Waals surface area contributed by atoms with Gasteiger partial charge < -0.3 is 10.2 Å². The Kier molecular flexibility index (Phi) is 6.55. The molecule has 0 rings (SSSR count). The maximum absolute atomic E-state index is 9.09. The molecule has 0 amide bonds. The number of aliphatic hydroxyl groups is 2. The van der Waals surface area contributed by atoms with E-state index in [0.29, 0.717) is 0 Å². The number of aliphatic hydroxyl groups excluding tert-OH is 2. The van der Waals surface area contributed by atoms with E-state index in [1.54, 1.807) is 12.2 Å². The minimum Gasteiger partial charge on any atom is -0.392 e. The van der Waals surface area contributed by atoms with Crippen LogP contribution in [0.3, 0.4) is 0 Å². The average molecular weight is 143 g/mol. The molecule has 1 unspecified atom stereocenters. The summed E-state index contributed by atoms with van der Waals surface area (Å²) in [6, 6.07) is 0. The quantitative estimate of drug-likeness (QED) is 0.561. The predicted octanol–water partition coefficient (Wildman–Crippen LogP) is 0.900. The molecule has 0 saturated heterocycles. The Morgan fingerprint density at radius 3 is 2.70 bits per heavy atom. The molecule has 0 saturated carbocycles. The molecule has 0 heterocycles. The van der Waals surface area contributed by atoms with Gasteiger partial charge in [-0.2, -0.15) is 0 Å². The first kappa shape index (κ1) is 9.66. The zero-order chi connectivity index (χ0) is 7.82. The van der Waals surface area contributed by atoms with Crippen LogP contribution in [-0.4, -0.2) is 22.9 Å². The van der Waals surface area contributed by atoms with Gasteiger partial charge in [0.15, 0.2) is 0 Å². The monoisotopic (exact) mass is 143 g/mol. The highest BCUT2D eigenvalue weighted by molar-refractivity contribution is 4.87. The largest absolute Gasteiger partial charge is 0.392 e. The Morgan fingerprint density at radius 1 is 1.50 bits per heavy atom. The molecule has 10 heavy (non-hydrogen) atoms. The fraction of sp³-hybridized carbons (Fsp3) is 0.625. The third-order valence-corrected chi connectivity index (χ3v) is 1.21. The molecule has 2 nitrogen and oxygen atoms in total. The molecular weight excluding hydrogens is 128 g/mol. The zero-order valence-electron chi connectivity index (χ0n) is 6.16. The van der Waals surface area contributed by atoms with Crippen molar-refractivity contribution in [3.05, 3.63) is 19.1 Å². The average Bonchev–Trinajstić information content (AvgIpc) is 1.97. The van der Waals surface area contributed by atoms with Crippen LogP contribution >= 0.6 is 0 Å². The summed E-state index contributed by atoms with van der Waals surface area (Å²) in [5.41, 5.74) is 0.